The highest BCUT2D eigenvalue weighted by molar-refractivity contribution is 7.92. The van der Waals surface area contributed by atoms with E-state index in [0.717, 1.165) is 30.5 Å². The summed E-state index contributed by atoms with van der Waals surface area (Å²) in [5, 5.41) is 0.850. The second kappa shape index (κ2) is 11.8. The Kier molecular flexibility index (Phi) is 8.69. The van der Waals surface area contributed by atoms with Crippen molar-refractivity contribution in [3.05, 3.63) is 69.3 Å². The van der Waals surface area contributed by atoms with Gasteiger partial charge in [-0.05, 0) is 69.3 Å². The van der Waals surface area contributed by atoms with E-state index in [-0.39, 0.29) is 23.1 Å². The fourth-order valence-corrected chi connectivity index (χ4v) is 5.53. The van der Waals surface area contributed by atoms with Crippen molar-refractivity contribution >= 4 is 38.9 Å². The monoisotopic (exact) mass is 565 g/mol. The zero-order chi connectivity index (χ0) is 26.6. The van der Waals surface area contributed by atoms with E-state index < -0.39 is 10.0 Å². The molecule has 1 aliphatic rings. The van der Waals surface area contributed by atoms with Gasteiger partial charge < -0.3 is 19.1 Å². The SMILES string of the molecule is Cc1c(Cl)cccc1S(=O)(=O)Nc1c(OCc2ccc(Cl)c(OCCN(C)C)c2)ncc2c1OCCC2. The first kappa shape index (κ1) is 27.3. The van der Waals surface area contributed by atoms with E-state index in [2.05, 4.69) is 9.71 Å². The normalized spacial score (nSPS) is 13.1. The van der Waals surface area contributed by atoms with Crippen molar-refractivity contribution in [2.75, 3.05) is 38.6 Å². The number of aryl methyl sites for hydroxylation is 1. The van der Waals surface area contributed by atoms with Crippen molar-refractivity contribution in [1.82, 2.24) is 9.88 Å². The van der Waals surface area contributed by atoms with Crippen LogP contribution in [-0.2, 0) is 23.1 Å². The van der Waals surface area contributed by atoms with Crippen molar-refractivity contribution in [1.29, 1.82) is 0 Å². The van der Waals surface area contributed by atoms with Gasteiger partial charge in [0.2, 0.25) is 5.88 Å². The van der Waals surface area contributed by atoms with Gasteiger partial charge in [0.1, 0.15) is 19.0 Å². The number of sulfonamides is 1. The molecule has 0 fully saturated rings. The van der Waals surface area contributed by atoms with Crippen molar-refractivity contribution in [3.8, 4) is 17.4 Å². The Labute approximate surface area is 227 Å². The molecule has 0 saturated heterocycles. The molecule has 0 radical (unpaired) electrons. The average Bonchev–Trinajstić information content (AvgIpc) is 2.86. The van der Waals surface area contributed by atoms with Crippen LogP contribution in [0.3, 0.4) is 0 Å². The lowest BCUT2D eigenvalue weighted by molar-refractivity contribution is 0.259. The number of nitrogens with one attached hydrogen (secondary N) is 1. The Bertz CT molecular complexity index is 1380. The molecule has 1 N–H and O–H groups in total. The molecule has 2 aromatic carbocycles. The van der Waals surface area contributed by atoms with Crippen molar-refractivity contribution < 1.29 is 22.6 Å². The number of rotatable bonds is 10. The maximum absolute atomic E-state index is 13.4. The third-order valence-corrected chi connectivity index (χ3v) is 8.03. The maximum atomic E-state index is 13.4. The molecule has 0 atom stereocenters. The van der Waals surface area contributed by atoms with Crippen LogP contribution in [0.15, 0.2) is 47.5 Å². The first-order chi connectivity index (χ1) is 17.7. The molecule has 0 bridgehead atoms. The van der Waals surface area contributed by atoms with Crippen LogP contribution >= 0.6 is 23.2 Å². The molecule has 11 heteroatoms. The molecule has 8 nitrogen and oxygen atoms in total. The highest BCUT2D eigenvalue weighted by atomic mass is 35.5. The number of ether oxygens (including phenoxy) is 3. The van der Waals surface area contributed by atoms with Gasteiger partial charge in [-0.2, -0.15) is 0 Å². The van der Waals surface area contributed by atoms with Crippen LogP contribution in [-0.4, -0.2) is 52.2 Å². The third kappa shape index (κ3) is 6.59. The lowest BCUT2D eigenvalue weighted by Gasteiger charge is -2.23. The number of nitrogens with zero attached hydrogens (tertiary/aromatic N) is 2. The van der Waals surface area contributed by atoms with Gasteiger partial charge in [0.25, 0.3) is 10.0 Å². The van der Waals surface area contributed by atoms with Crippen molar-refractivity contribution in [2.24, 2.45) is 0 Å². The second-order valence-electron chi connectivity index (χ2n) is 8.92. The van der Waals surface area contributed by atoms with Crippen LogP contribution in [0.1, 0.15) is 23.1 Å². The van der Waals surface area contributed by atoms with E-state index in [1.54, 1.807) is 37.4 Å². The van der Waals surface area contributed by atoms with Gasteiger partial charge in [-0.25, -0.2) is 13.4 Å². The van der Waals surface area contributed by atoms with Crippen LogP contribution < -0.4 is 18.9 Å². The minimum Gasteiger partial charge on any atom is -0.491 e. The zero-order valence-corrected chi connectivity index (χ0v) is 23.2. The number of fused-ring (bicyclic) bond motifs is 1. The molecule has 0 aliphatic carbocycles. The van der Waals surface area contributed by atoms with Gasteiger partial charge in [-0.3, -0.25) is 4.72 Å². The molecule has 2 heterocycles. The molecular formula is C26H29Cl2N3O5S. The zero-order valence-electron chi connectivity index (χ0n) is 20.9. The van der Waals surface area contributed by atoms with E-state index in [0.29, 0.717) is 40.3 Å². The highest BCUT2D eigenvalue weighted by Gasteiger charge is 2.27. The number of benzene rings is 2. The smallest absolute Gasteiger partial charge is 0.262 e. The molecule has 1 aliphatic heterocycles. The molecule has 0 spiro atoms. The van der Waals surface area contributed by atoms with Gasteiger partial charge >= 0.3 is 0 Å². The summed E-state index contributed by atoms with van der Waals surface area (Å²) in [5.74, 6) is 1.07. The second-order valence-corrected chi connectivity index (χ2v) is 11.4. The minimum absolute atomic E-state index is 0.0663. The summed E-state index contributed by atoms with van der Waals surface area (Å²) in [6.07, 6.45) is 3.19. The predicted octanol–water partition coefficient (Wildman–Crippen LogP) is 5.34. The fourth-order valence-electron chi connectivity index (χ4n) is 3.80. The number of anilines is 1. The number of likely N-dealkylation sites (N-methyl/N-ethyl adjacent to an activating group) is 1. The molecule has 0 unspecified atom stereocenters. The van der Waals surface area contributed by atoms with Crippen molar-refractivity contribution in [3.63, 3.8) is 0 Å². The summed E-state index contributed by atoms with van der Waals surface area (Å²) in [6.45, 7) is 3.45. The van der Waals surface area contributed by atoms with E-state index in [1.165, 1.54) is 6.07 Å². The summed E-state index contributed by atoms with van der Waals surface area (Å²) in [5.41, 5.74) is 2.19. The Hall–Kier alpha value is -2.72. The van der Waals surface area contributed by atoms with E-state index >= 15 is 0 Å². The third-order valence-electron chi connectivity index (χ3n) is 5.82. The molecule has 3 aromatic rings. The van der Waals surface area contributed by atoms with Gasteiger partial charge in [-0.15, -0.1) is 0 Å². The van der Waals surface area contributed by atoms with Gasteiger partial charge in [0, 0.05) is 23.3 Å². The number of hydrogen-bond acceptors (Lipinski definition) is 7. The number of hydrogen-bond donors (Lipinski definition) is 1. The Balaban J connectivity index is 1.61. The molecule has 0 saturated carbocycles. The summed E-state index contributed by atoms with van der Waals surface area (Å²) in [4.78, 5) is 6.49. The number of halogens is 2. The van der Waals surface area contributed by atoms with Crippen molar-refractivity contribution in [2.45, 2.75) is 31.3 Å². The standard InChI is InChI=1S/C26H29Cl2N3O5S/c1-17-20(27)7-4-8-23(17)37(32,33)30-24-25-19(6-5-12-35-25)15-29-26(24)36-16-18-9-10-21(28)22(14-18)34-13-11-31(2)3/h4,7-10,14-15,30H,5-6,11-13,16H2,1-3H3. The van der Waals surface area contributed by atoms with Crippen LogP contribution in [0, 0.1) is 6.92 Å². The minimum atomic E-state index is -4.01. The summed E-state index contributed by atoms with van der Waals surface area (Å²) < 4.78 is 47.1. The van der Waals surface area contributed by atoms with Gasteiger partial charge in [0.15, 0.2) is 11.4 Å². The maximum Gasteiger partial charge on any atom is 0.262 e. The molecule has 198 valence electrons. The highest BCUT2D eigenvalue weighted by Crippen LogP contribution is 2.41. The largest absolute Gasteiger partial charge is 0.491 e. The molecule has 1 aromatic heterocycles. The predicted molar refractivity (Wildman–Crippen MR) is 145 cm³/mol. The van der Waals surface area contributed by atoms with Gasteiger partial charge in [0.05, 0.1) is 16.5 Å². The number of pyridine rings is 1. The fraction of sp³-hybridized carbons (Fsp3) is 0.346. The van der Waals surface area contributed by atoms with Crippen LogP contribution in [0.4, 0.5) is 5.69 Å². The van der Waals surface area contributed by atoms with Crippen LogP contribution in [0.25, 0.3) is 0 Å². The number of aromatic nitrogens is 1. The summed E-state index contributed by atoms with van der Waals surface area (Å²) >= 11 is 12.5. The first-order valence-corrected chi connectivity index (χ1v) is 14.0. The Morgan fingerprint density at radius 3 is 2.73 bits per heavy atom. The molecule has 37 heavy (non-hydrogen) atoms. The van der Waals surface area contributed by atoms with Crippen LogP contribution in [0.5, 0.6) is 17.4 Å². The Morgan fingerprint density at radius 1 is 1.14 bits per heavy atom. The molecule has 4 rings (SSSR count). The molecular weight excluding hydrogens is 537 g/mol. The first-order valence-electron chi connectivity index (χ1n) is 11.8. The quantitative estimate of drug-likeness (QED) is 0.354. The van der Waals surface area contributed by atoms with Gasteiger partial charge in [-0.1, -0.05) is 35.3 Å². The lowest BCUT2D eigenvalue weighted by Crippen LogP contribution is -2.19. The average molecular weight is 567 g/mol. The van der Waals surface area contributed by atoms with Crippen LogP contribution in [0.2, 0.25) is 10.0 Å². The van der Waals surface area contributed by atoms with E-state index in [1.807, 2.05) is 25.1 Å². The Morgan fingerprint density at radius 2 is 1.95 bits per heavy atom. The lowest BCUT2D eigenvalue weighted by atomic mass is 10.1. The topological polar surface area (TPSA) is 90.0 Å². The summed E-state index contributed by atoms with van der Waals surface area (Å²) in [6, 6.07) is 10.1. The van der Waals surface area contributed by atoms with E-state index in [9.17, 15) is 8.42 Å². The molecule has 0 amide bonds. The summed E-state index contributed by atoms with van der Waals surface area (Å²) in [7, 11) is -0.0863. The van der Waals surface area contributed by atoms with E-state index in [4.69, 9.17) is 37.4 Å².